The molecule has 1 aromatic heterocycles. The van der Waals surface area contributed by atoms with Crippen molar-refractivity contribution in [3.63, 3.8) is 0 Å². The molecule has 2 saturated heterocycles. The molecule has 0 unspecified atom stereocenters. The third kappa shape index (κ3) is 3.23. The first-order valence-corrected chi connectivity index (χ1v) is 10.8. The number of benzene rings is 1. The fourth-order valence-corrected chi connectivity index (χ4v) is 6.56. The van der Waals surface area contributed by atoms with Crippen LogP contribution in [0.3, 0.4) is 0 Å². The molecule has 2 aliphatic heterocycles. The SMILES string of the molecule is O=C(Cc1cccs1)N1C[C@@H]2CN(Cc3ccccc3)S(=O)(=O)[C@@H]2C1. The average molecular weight is 377 g/mol. The number of carbonyl (C=O) groups is 1. The van der Waals surface area contributed by atoms with E-state index in [4.69, 9.17) is 0 Å². The lowest BCUT2D eigenvalue weighted by atomic mass is 10.1. The van der Waals surface area contributed by atoms with E-state index in [2.05, 4.69) is 0 Å². The molecule has 3 heterocycles. The number of rotatable bonds is 4. The van der Waals surface area contributed by atoms with E-state index in [1.165, 1.54) is 0 Å². The molecule has 2 aromatic rings. The first kappa shape index (κ1) is 16.8. The Bertz CT molecular complexity index is 850. The molecular formula is C18H20N2O3S2. The van der Waals surface area contributed by atoms with Gasteiger partial charge in [-0.25, -0.2) is 8.42 Å². The van der Waals surface area contributed by atoms with Gasteiger partial charge in [-0.2, -0.15) is 4.31 Å². The normalized spacial score (nSPS) is 25.2. The summed E-state index contributed by atoms with van der Waals surface area (Å²) in [5, 5.41) is 1.50. The topological polar surface area (TPSA) is 57.7 Å². The van der Waals surface area contributed by atoms with Gasteiger partial charge in [-0.1, -0.05) is 36.4 Å². The molecule has 0 spiro atoms. The van der Waals surface area contributed by atoms with Crippen LogP contribution in [-0.4, -0.2) is 48.4 Å². The highest BCUT2D eigenvalue weighted by molar-refractivity contribution is 7.90. The van der Waals surface area contributed by atoms with E-state index >= 15 is 0 Å². The van der Waals surface area contributed by atoms with Crippen molar-refractivity contribution >= 4 is 27.3 Å². The summed E-state index contributed by atoms with van der Waals surface area (Å²) in [6, 6.07) is 13.5. The maximum Gasteiger partial charge on any atom is 0.227 e. The van der Waals surface area contributed by atoms with E-state index in [1.54, 1.807) is 20.5 Å². The van der Waals surface area contributed by atoms with Gasteiger partial charge in [-0.05, 0) is 17.0 Å². The lowest BCUT2D eigenvalue weighted by Crippen LogP contribution is -2.37. The number of carbonyl (C=O) groups excluding carboxylic acids is 1. The lowest BCUT2D eigenvalue weighted by molar-refractivity contribution is -0.129. The average Bonchev–Trinajstić information content (AvgIpc) is 3.28. The number of sulfonamides is 1. The van der Waals surface area contributed by atoms with Gasteiger partial charge in [-0.3, -0.25) is 4.79 Å². The van der Waals surface area contributed by atoms with Crippen LogP contribution in [-0.2, 0) is 27.8 Å². The third-order valence-electron chi connectivity index (χ3n) is 5.02. The molecule has 7 heteroatoms. The zero-order valence-electron chi connectivity index (χ0n) is 13.7. The summed E-state index contributed by atoms with van der Waals surface area (Å²) in [5.74, 6) is 0.0441. The van der Waals surface area contributed by atoms with Gasteiger partial charge in [0.2, 0.25) is 15.9 Å². The Labute approximate surface area is 151 Å². The summed E-state index contributed by atoms with van der Waals surface area (Å²) in [4.78, 5) is 15.2. The zero-order chi connectivity index (χ0) is 17.4. The maximum absolute atomic E-state index is 12.9. The molecule has 0 bridgehead atoms. The molecular weight excluding hydrogens is 356 g/mol. The van der Waals surface area contributed by atoms with Gasteiger partial charge in [0.25, 0.3) is 0 Å². The Morgan fingerprint density at radius 3 is 2.56 bits per heavy atom. The van der Waals surface area contributed by atoms with Crippen molar-refractivity contribution in [1.82, 2.24) is 9.21 Å². The molecule has 4 rings (SSSR count). The van der Waals surface area contributed by atoms with Crippen LogP contribution in [0.2, 0.25) is 0 Å². The minimum Gasteiger partial charge on any atom is -0.341 e. The summed E-state index contributed by atoms with van der Waals surface area (Å²) in [6.07, 6.45) is 0.366. The lowest BCUT2D eigenvalue weighted by Gasteiger charge is -2.21. The van der Waals surface area contributed by atoms with Crippen LogP contribution in [0.5, 0.6) is 0 Å². The van der Waals surface area contributed by atoms with Crippen LogP contribution in [0.1, 0.15) is 10.4 Å². The van der Waals surface area contributed by atoms with E-state index in [0.29, 0.717) is 32.6 Å². The molecule has 132 valence electrons. The Balaban J connectivity index is 1.43. The van der Waals surface area contributed by atoms with Gasteiger partial charge >= 0.3 is 0 Å². The van der Waals surface area contributed by atoms with Gasteiger partial charge < -0.3 is 4.90 Å². The Morgan fingerprint density at radius 1 is 1.08 bits per heavy atom. The van der Waals surface area contributed by atoms with Gasteiger partial charge in [0, 0.05) is 37.0 Å². The number of amides is 1. The summed E-state index contributed by atoms with van der Waals surface area (Å²) >= 11 is 1.56. The number of nitrogens with zero attached hydrogens (tertiary/aromatic N) is 2. The second kappa shape index (κ2) is 6.55. The molecule has 2 fully saturated rings. The summed E-state index contributed by atoms with van der Waals surface area (Å²) in [7, 11) is -3.35. The molecule has 2 aliphatic rings. The molecule has 2 atom stereocenters. The summed E-state index contributed by atoms with van der Waals surface area (Å²) < 4.78 is 27.3. The minimum atomic E-state index is -3.35. The second-order valence-corrected chi connectivity index (χ2v) is 9.86. The molecule has 0 saturated carbocycles. The van der Waals surface area contributed by atoms with Crippen molar-refractivity contribution in [3.05, 3.63) is 58.3 Å². The van der Waals surface area contributed by atoms with Crippen LogP contribution in [0.15, 0.2) is 47.8 Å². The van der Waals surface area contributed by atoms with Crippen molar-refractivity contribution in [2.45, 2.75) is 18.2 Å². The van der Waals surface area contributed by atoms with Crippen LogP contribution in [0, 0.1) is 5.92 Å². The van der Waals surface area contributed by atoms with Crippen LogP contribution in [0.4, 0.5) is 0 Å². The predicted octanol–water partition coefficient (Wildman–Crippen LogP) is 1.96. The molecule has 25 heavy (non-hydrogen) atoms. The minimum absolute atomic E-state index is 0.0148. The third-order valence-corrected chi connectivity index (χ3v) is 8.20. The highest BCUT2D eigenvalue weighted by Gasteiger charge is 2.51. The van der Waals surface area contributed by atoms with Crippen LogP contribution >= 0.6 is 11.3 Å². The Morgan fingerprint density at radius 2 is 1.88 bits per heavy atom. The van der Waals surface area contributed by atoms with Gasteiger partial charge in [0.15, 0.2) is 0 Å². The quantitative estimate of drug-likeness (QED) is 0.820. The summed E-state index contributed by atoms with van der Waals surface area (Å²) in [5.41, 5.74) is 0.997. The van der Waals surface area contributed by atoms with Gasteiger partial charge in [0.1, 0.15) is 0 Å². The van der Waals surface area contributed by atoms with Crippen molar-refractivity contribution < 1.29 is 13.2 Å². The van der Waals surface area contributed by atoms with E-state index in [0.717, 1.165) is 10.4 Å². The van der Waals surface area contributed by atoms with E-state index in [9.17, 15) is 13.2 Å². The van der Waals surface area contributed by atoms with Crippen molar-refractivity contribution in [2.24, 2.45) is 5.92 Å². The highest BCUT2D eigenvalue weighted by atomic mass is 32.2. The van der Waals surface area contributed by atoms with Crippen molar-refractivity contribution in [1.29, 1.82) is 0 Å². The van der Waals surface area contributed by atoms with Crippen molar-refractivity contribution in [3.8, 4) is 0 Å². The standard InChI is InChI=1S/C18H20N2O3S2/c21-18(9-16-7-4-8-24-16)19-11-15-12-20(25(22,23)17(15)13-19)10-14-5-2-1-3-6-14/h1-8,15,17H,9-13H2/t15-,17-/m1/s1. The monoisotopic (exact) mass is 376 g/mol. The van der Waals surface area contributed by atoms with Gasteiger partial charge in [-0.15, -0.1) is 11.3 Å². The number of hydrogen-bond donors (Lipinski definition) is 0. The largest absolute Gasteiger partial charge is 0.341 e. The fourth-order valence-electron chi connectivity index (χ4n) is 3.73. The van der Waals surface area contributed by atoms with Crippen LogP contribution in [0.25, 0.3) is 0 Å². The maximum atomic E-state index is 12.9. The van der Waals surface area contributed by atoms with Crippen molar-refractivity contribution in [2.75, 3.05) is 19.6 Å². The molecule has 0 aliphatic carbocycles. The number of likely N-dealkylation sites (tertiary alicyclic amines) is 1. The predicted molar refractivity (Wildman–Crippen MR) is 97.7 cm³/mol. The van der Waals surface area contributed by atoms with E-state index < -0.39 is 15.3 Å². The molecule has 0 radical (unpaired) electrons. The second-order valence-electron chi connectivity index (χ2n) is 6.68. The van der Waals surface area contributed by atoms with Gasteiger partial charge in [0.05, 0.1) is 11.7 Å². The Hall–Kier alpha value is -1.70. The molecule has 1 amide bonds. The van der Waals surface area contributed by atoms with Crippen LogP contribution < -0.4 is 0 Å². The van der Waals surface area contributed by atoms with E-state index in [1.807, 2.05) is 47.8 Å². The molecule has 1 aromatic carbocycles. The number of hydrogen-bond acceptors (Lipinski definition) is 4. The first-order chi connectivity index (χ1) is 12.0. The molecule has 0 N–H and O–H groups in total. The fraction of sp³-hybridized carbons (Fsp3) is 0.389. The number of thiophene rings is 1. The Kier molecular flexibility index (Phi) is 4.39. The number of fused-ring (bicyclic) bond motifs is 1. The first-order valence-electron chi connectivity index (χ1n) is 8.37. The molecule has 5 nitrogen and oxygen atoms in total. The summed E-state index contributed by atoms with van der Waals surface area (Å²) in [6.45, 7) is 1.78. The highest BCUT2D eigenvalue weighted by Crippen LogP contribution is 2.35. The smallest absolute Gasteiger partial charge is 0.227 e. The van der Waals surface area contributed by atoms with E-state index in [-0.39, 0.29) is 11.8 Å². The zero-order valence-corrected chi connectivity index (χ0v) is 15.4.